The molecule has 2 rings (SSSR count). The fourth-order valence-electron chi connectivity index (χ4n) is 1.89. The number of carbonyl (C=O) groups excluding carboxylic acids is 1. The second kappa shape index (κ2) is 7.48. The number of rotatable bonds is 5. The van der Waals surface area contributed by atoms with Crippen LogP contribution in [0.1, 0.15) is 24.1 Å². The first kappa shape index (κ1) is 15.9. The predicted octanol–water partition coefficient (Wildman–Crippen LogP) is 3.47. The Morgan fingerprint density at radius 1 is 1.23 bits per heavy atom. The Kier molecular flexibility index (Phi) is 5.40. The van der Waals surface area contributed by atoms with Crippen LogP contribution in [0.3, 0.4) is 0 Å². The molecule has 22 heavy (non-hydrogen) atoms. The van der Waals surface area contributed by atoms with Crippen molar-refractivity contribution in [2.75, 3.05) is 6.61 Å². The van der Waals surface area contributed by atoms with Crippen LogP contribution in [0.15, 0.2) is 48.5 Å². The summed E-state index contributed by atoms with van der Waals surface area (Å²) in [6.45, 7) is 1.81. The molecule has 0 aliphatic carbocycles. The summed E-state index contributed by atoms with van der Waals surface area (Å²) in [4.78, 5) is 11.9. The number of amides is 1. The molecular weight excluding hydrogens is 300 g/mol. The number of nitrogens with zero attached hydrogens (tertiary/aromatic N) is 1. The Balaban J connectivity index is 1.84. The van der Waals surface area contributed by atoms with Crippen molar-refractivity contribution >= 4 is 17.5 Å². The summed E-state index contributed by atoms with van der Waals surface area (Å²) in [5.41, 5.74) is 1.52. The van der Waals surface area contributed by atoms with E-state index in [0.29, 0.717) is 16.3 Å². The van der Waals surface area contributed by atoms with Crippen LogP contribution in [0.2, 0.25) is 5.02 Å². The van der Waals surface area contributed by atoms with E-state index in [0.717, 1.165) is 5.56 Å². The number of halogens is 1. The van der Waals surface area contributed by atoms with Crippen LogP contribution in [0, 0.1) is 11.3 Å². The fourth-order valence-corrected chi connectivity index (χ4v) is 2.02. The summed E-state index contributed by atoms with van der Waals surface area (Å²) in [5, 5.41) is 12.2. The zero-order valence-corrected chi connectivity index (χ0v) is 12.8. The average molecular weight is 315 g/mol. The highest BCUT2D eigenvalue weighted by Crippen LogP contribution is 2.16. The van der Waals surface area contributed by atoms with E-state index in [2.05, 4.69) is 5.32 Å². The van der Waals surface area contributed by atoms with Crippen LogP contribution in [-0.2, 0) is 4.79 Å². The number of hydrogen-bond acceptors (Lipinski definition) is 3. The van der Waals surface area contributed by atoms with Gasteiger partial charge >= 0.3 is 0 Å². The number of ether oxygens (including phenoxy) is 1. The summed E-state index contributed by atoms with van der Waals surface area (Å²) in [6.07, 6.45) is 0. The number of nitriles is 1. The second-order valence-corrected chi connectivity index (χ2v) is 5.20. The molecule has 112 valence electrons. The maximum Gasteiger partial charge on any atom is 0.258 e. The highest BCUT2D eigenvalue weighted by atomic mass is 35.5. The van der Waals surface area contributed by atoms with E-state index < -0.39 is 0 Å². The SMILES string of the molecule is CC(NC(=O)COc1ccc(C#N)cc1)c1ccc(Cl)cc1. The molecule has 0 spiro atoms. The third-order valence-electron chi connectivity index (χ3n) is 3.10. The topological polar surface area (TPSA) is 62.1 Å². The van der Waals surface area contributed by atoms with Crippen molar-refractivity contribution in [2.45, 2.75) is 13.0 Å². The van der Waals surface area contributed by atoms with Gasteiger partial charge in [0.2, 0.25) is 0 Å². The van der Waals surface area contributed by atoms with Gasteiger partial charge in [0, 0.05) is 5.02 Å². The third-order valence-corrected chi connectivity index (χ3v) is 3.35. The average Bonchev–Trinajstić information content (AvgIpc) is 2.54. The molecule has 1 unspecified atom stereocenters. The Morgan fingerprint density at radius 2 is 1.86 bits per heavy atom. The molecule has 1 amide bonds. The minimum atomic E-state index is -0.216. The molecule has 0 aromatic heterocycles. The largest absolute Gasteiger partial charge is 0.484 e. The van der Waals surface area contributed by atoms with Crippen molar-refractivity contribution in [3.63, 3.8) is 0 Å². The standard InChI is InChI=1S/C17H15ClN2O2/c1-12(14-4-6-15(18)7-5-14)20-17(21)11-22-16-8-2-13(10-19)3-9-16/h2-9,12H,11H2,1H3,(H,20,21). The minimum absolute atomic E-state index is 0.0795. The van der Waals surface area contributed by atoms with Gasteiger partial charge in [-0.3, -0.25) is 4.79 Å². The maximum atomic E-state index is 11.9. The quantitative estimate of drug-likeness (QED) is 0.919. The van der Waals surface area contributed by atoms with Gasteiger partial charge in [-0.2, -0.15) is 5.26 Å². The molecule has 2 aromatic carbocycles. The molecule has 2 aromatic rings. The predicted molar refractivity (Wildman–Crippen MR) is 84.7 cm³/mol. The highest BCUT2D eigenvalue weighted by molar-refractivity contribution is 6.30. The van der Waals surface area contributed by atoms with E-state index >= 15 is 0 Å². The Hall–Kier alpha value is -2.51. The molecule has 0 bridgehead atoms. The first-order valence-electron chi connectivity index (χ1n) is 6.76. The van der Waals surface area contributed by atoms with Gasteiger partial charge in [0.15, 0.2) is 6.61 Å². The van der Waals surface area contributed by atoms with E-state index in [9.17, 15) is 4.79 Å². The first-order valence-corrected chi connectivity index (χ1v) is 7.14. The Bertz CT molecular complexity index is 675. The van der Waals surface area contributed by atoms with Gasteiger partial charge in [-0.05, 0) is 48.9 Å². The second-order valence-electron chi connectivity index (χ2n) is 4.77. The van der Waals surface area contributed by atoms with Gasteiger partial charge in [0.1, 0.15) is 5.75 Å². The lowest BCUT2D eigenvalue weighted by molar-refractivity contribution is -0.123. The van der Waals surface area contributed by atoms with E-state index in [1.54, 1.807) is 36.4 Å². The molecule has 5 heteroatoms. The zero-order chi connectivity index (χ0) is 15.9. The summed E-state index contributed by atoms with van der Waals surface area (Å²) in [5.74, 6) is 0.333. The summed E-state index contributed by atoms with van der Waals surface area (Å²) >= 11 is 5.83. The molecule has 0 heterocycles. The lowest BCUT2D eigenvalue weighted by Gasteiger charge is -2.14. The van der Waals surface area contributed by atoms with E-state index in [1.165, 1.54) is 0 Å². The number of benzene rings is 2. The first-order chi connectivity index (χ1) is 10.6. The normalized spacial score (nSPS) is 11.3. The van der Waals surface area contributed by atoms with Crippen LogP contribution in [-0.4, -0.2) is 12.5 Å². The lowest BCUT2D eigenvalue weighted by Crippen LogP contribution is -2.31. The van der Waals surface area contributed by atoms with Crippen LogP contribution in [0.5, 0.6) is 5.75 Å². The van der Waals surface area contributed by atoms with Gasteiger partial charge in [-0.1, -0.05) is 23.7 Å². The number of nitrogens with one attached hydrogen (secondary N) is 1. The minimum Gasteiger partial charge on any atom is -0.484 e. The molecule has 0 radical (unpaired) electrons. The van der Waals surface area contributed by atoms with Crippen molar-refractivity contribution < 1.29 is 9.53 Å². The molecule has 0 fully saturated rings. The molecular formula is C17H15ClN2O2. The van der Waals surface area contributed by atoms with Crippen molar-refractivity contribution in [3.8, 4) is 11.8 Å². The molecule has 0 aliphatic rings. The van der Waals surface area contributed by atoms with Gasteiger partial charge < -0.3 is 10.1 Å². The molecule has 4 nitrogen and oxygen atoms in total. The van der Waals surface area contributed by atoms with Gasteiger partial charge in [-0.15, -0.1) is 0 Å². The van der Waals surface area contributed by atoms with Crippen molar-refractivity contribution in [2.24, 2.45) is 0 Å². The van der Waals surface area contributed by atoms with Crippen molar-refractivity contribution in [1.82, 2.24) is 5.32 Å². The lowest BCUT2D eigenvalue weighted by atomic mass is 10.1. The van der Waals surface area contributed by atoms with Gasteiger partial charge in [0.25, 0.3) is 5.91 Å². The summed E-state index contributed by atoms with van der Waals surface area (Å²) in [7, 11) is 0. The van der Waals surface area contributed by atoms with Crippen LogP contribution < -0.4 is 10.1 Å². The maximum absolute atomic E-state index is 11.9. The van der Waals surface area contributed by atoms with Gasteiger partial charge in [-0.25, -0.2) is 0 Å². The Labute approximate surface area is 134 Å². The molecule has 0 saturated heterocycles. The Morgan fingerprint density at radius 3 is 2.45 bits per heavy atom. The molecule has 0 saturated carbocycles. The van der Waals surface area contributed by atoms with Gasteiger partial charge in [0.05, 0.1) is 17.7 Å². The number of hydrogen-bond donors (Lipinski definition) is 1. The smallest absolute Gasteiger partial charge is 0.258 e. The summed E-state index contributed by atoms with van der Waals surface area (Å²) in [6, 6.07) is 15.8. The molecule has 0 aliphatic heterocycles. The third kappa shape index (κ3) is 4.51. The number of carbonyl (C=O) groups is 1. The van der Waals surface area contributed by atoms with Crippen LogP contribution in [0.25, 0.3) is 0 Å². The van der Waals surface area contributed by atoms with E-state index in [4.69, 9.17) is 21.6 Å². The van der Waals surface area contributed by atoms with Crippen LogP contribution >= 0.6 is 11.6 Å². The molecule has 1 atom stereocenters. The zero-order valence-electron chi connectivity index (χ0n) is 12.0. The fraction of sp³-hybridized carbons (Fsp3) is 0.176. The van der Waals surface area contributed by atoms with Crippen molar-refractivity contribution in [3.05, 3.63) is 64.7 Å². The van der Waals surface area contributed by atoms with Crippen molar-refractivity contribution in [1.29, 1.82) is 5.26 Å². The monoisotopic (exact) mass is 314 g/mol. The van der Waals surface area contributed by atoms with Crippen LogP contribution in [0.4, 0.5) is 0 Å². The summed E-state index contributed by atoms with van der Waals surface area (Å²) < 4.78 is 5.38. The highest BCUT2D eigenvalue weighted by Gasteiger charge is 2.10. The van der Waals surface area contributed by atoms with E-state index in [1.807, 2.05) is 25.1 Å². The van der Waals surface area contributed by atoms with E-state index in [-0.39, 0.29) is 18.6 Å². The molecule has 1 N–H and O–H groups in total.